The molecule has 70 valence electrons. The van der Waals surface area contributed by atoms with Gasteiger partial charge in [-0.05, 0) is 36.5 Å². The molecule has 1 nitrogen and oxygen atoms in total. The average molecular weight is 196 g/mol. The molecule has 1 aromatic rings. The first-order valence-electron chi connectivity index (χ1n) is 4.77. The Bertz CT molecular complexity index is 264. The van der Waals surface area contributed by atoms with Crippen LogP contribution in [0.4, 0.5) is 5.69 Å². The number of alkyl halides is 1. The van der Waals surface area contributed by atoms with Crippen LogP contribution >= 0.6 is 11.6 Å². The highest BCUT2D eigenvalue weighted by Crippen LogP contribution is 2.28. The third kappa shape index (κ3) is 2.63. The van der Waals surface area contributed by atoms with Gasteiger partial charge < -0.3 is 5.32 Å². The molecule has 0 atom stereocenters. The molecule has 0 radical (unpaired) electrons. The van der Waals surface area contributed by atoms with Crippen LogP contribution in [-0.4, -0.2) is 6.54 Å². The molecule has 1 aromatic carbocycles. The lowest BCUT2D eigenvalue weighted by Crippen LogP contribution is -2.02. The van der Waals surface area contributed by atoms with Crippen LogP contribution in [0.2, 0.25) is 0 Å². The molecule has 1 aliphatic carbocycles. The first-order valence-corrected chi connectivity index (χ1v) is 5.31. The summed E-state index contributed by atoms with van der Waals surface area (Å²) in [6.07, 6.45) is 2.79. The zero-order valence-electron chi connectivity index (χ0n) is 7.59. The Labute approximate surface area is 84.1 Å². The Kier molecular flexibility index (Phi) is 2.74. The van der Waals surface area contributed by atoms with Crippen molar-refractivity contribution in [3.8, 4) is 0 Å². The summed E-state index contributed by atoms with van der Waals surface area (Å²) in [7, 11) is 0. The normalized spacial score (nSPS) is 15.8. The highest BCUT2D eigenvalue weighted by Gasteiger charge is 2.20. The van der Waals surface area contributed by atoms with Gasteiger partial charge in [-0.25, -0.2) is 0 Å². The van der Waals surface area contributed by atoms with Crippen LogP contribution in [0.3, 0.4) is 0 Å². The van der Waals surface area contributed by atoms with Crippen molar-refractivity contribution in [3.63, 3.8) is 0 Å². The van der Waals surface area contributed by atoms with Gasteiger partial charge in [0, 0.05) is 18.1 Å². The fourth-order valence-electron chi connectivity index (χ4n) is 1.30. The van der Waals surface area contributed by atoms with Gasteiger partial charge in [-0.15, -0.1) is 11.6 Å². The number of hydrogen-bond acceptors (Lipinski definition) is 1. The van der Waals surface area contributed by atoms with E-state index in [2.05, 4.69) is 29.6 Å². The molecule has 0 aromatic heterocycles. The van der Waals surface area contributed by atoms with E-state index in [0.717, 1.165) is 12.5 Å². The SMILES string of the molecule is ClCc1ccc(NCC2CC2)cc1. The largest absolute Gasteiger partial charge is 0.385 e. The molecular formula is C11H14ClN. The predicted molar refractivity (Wildman–Crippen MR) is 57.2 cm³/mol. The van der Waals surface area contributed by atoms with Crippen LogP contribution in [0.5, 0.6) is 0 Å². The van der Waals surface area contributed by atoms with Crippen LogP contribution in [0.25, 0.3) is 0 Å². The molecular weight excluding hydrogens is 182 g/mol. The quantitative estimate of drug-likeness (QED) is 0.728. The monoisotopic (exact) mass is 195 g/mol. The lowest BCUT2D eigenvalue weighted by atomic mass is 10.2. The molecule has 0 saturated heterocycles. The molecule has 0 amide bonds. The maximum Gasteiger partial charge on any atom is 0.0474 e. The number of hydrogen-bond donors (Lipinski definition) is 1. The Hall–Kier alpha value is -0.690. The third-order valence-corrected chi connectivity index (χ3v) is 2.71. The first kappa shape index (κ1) is 8.89. The van der Waals surface area contributed by atoms with Crippen molar-refractivity contribution in [2.75, 3.05) is 11.9 Å². The fourth-order valence-corrected chi connectivity index (χ4v) is 1.47. The van der Waals surface area contributed by atoms with Crippen molar-refractivity contribution in [2.24, 2.45) is 5.92 Å². The summed E-state index contributed by atoms with van der Waals surface area (Å²) in [4.78, 5) is 0. The maximum absolute atomic E-state index is 5.70. The van der Waals surface area contributed by atoms with Crippen molar-refractivity contribution in [1.29, 1.82) is 0 Å². The summed E-state index contributed by atoms with van der Waals surface area (Å²) >= 11 is 5.70. The first-order chi connectivity index (χ1) is 6.38. The van der Waals surface area contributed by atoms with Crippen molar-refractivity contribution in [3.05, 3.63) is 29.8 Å². The van der Waals surface area contributed by atoms with Gasteiger partial charge in [-0.3, -0.25) is 0 Å². The van der Waals surface area contributed by atoms with Crippen LogP contribution in [0.15, 0.2) is 24.3 Å². The summed E-state index contributed by atoms with van der Waals surface area (Å²) < 4.78 is 0. The highest BCUT2D eigenvalue weighted by molar-refractivity contribution is 6.17. The van der Waals surface area contributed by atoms with E-state index in [1.807, 2.05) is 0 Å². The van der Waals surface area contributed by atoms with E-state index >= 15 is 0 Å². The van der Waals surface area contributed by atoms with E-state index in [1.165, 1.54) is 24.1 Å². The molecule has 1 saturated carbocycles. The van der Waals surface area contributed by atoms with Crippen LogP contribution in [0.1, 0.15) is 18.4 Å². The van der Waals surface area contributed by atoms with E-state index in [1.54, 1.807) is 0 Å². The zero-order chi connectivity index (χ0) is 9.10. The summed E-state index contributed by atoms with van der Waals surface area (Å²) in [5, 5.41) is 3.41. The summed E-state index contributed by atoms with van der Waals surface area (Å²) in [5.74, 6) is 1.52. The lowest BCUT2D eigenvalue weighted by molar-refractivity contribution is 0.889. The van der Waals surface area contributed by atoms with Gasteiger partial charge in [0.05, 0.1) is 0 Å². The average Bonchev–Trinajstić information content (AvgIpc) is 2.99. The second-order valence-corrected chi connectivity index (χ2v) is 3.92. The van der Waals surface area contributed by atoms with Crippen molar-refractivity contribution >= 4 is 17.3 Å². The van der Waals surface area contributed by atoms with Gasteiger partial charge in [0.15, 0.2) is 0 Å². The van der Waals surface area contributed by atoms with E-state index in [4.69, 9.17) is 11.6 Å². The fraction of sp³-hybridized carbons (Fsp3) is 0.455. The molecule has 1 aliphatic rings. The van der Waals surface area contributed by atoms with E-state index in [-0.39, 0.29) is 0 Å². The Morgan fingerprint density at radius 2 is 1.92 bits per heavy atom. The van der Waals surface area contributed by atoms with Crippen LogP contribution in [-0.2, 0) is 5.88 Å². The molecule has 1 fully saturated rings. The zero-order valence-corrected chi connectivity index (χ0v) is 8.35. The Morgan fingerprint density at radius 1 is 1.23 bits per heavy atom. The molecule has 2 rings (SSSR count). The second kappa shape index (κ2) is 4.01. The lowest BCUT2D eigenvalue weighted by Gasteiger charge is -2.05. The van der Waals surface area contributed by atoms with E-state index < -0.39 is 0 Å². The molecule has 13 heavy (non-hydrogen) atoms. The van der Waals surface area contributed by atoms with E-state index in [0.29, 0.717) is 5.88 Å². The van der Waals surface area contributed by atoms with Gasteiger partial charge in [0.25, 0.3) is 0 Å². The standard InChI is InChI=1S/C11H14ClN/c12-7-9-3-5-11(6-4-9)13-8-10-1-2-10/h3-6,10,13H,1-2,7-8H2. The minimum Gasteiger partial charge on any atom is -0.385 e. The molecule has 0 unspecified atom stereocenters. The molecule has 0 heterocycles. The number of rotatable bonds is 4. The van der Waals surface area contributed by atoms with Gasteiger partial charge in [0.1, 0.15) is 0 Å². The number of benzene rings is 1. The molecule has 1 N–H and O–H groups in total. The molecule has 0 bridgehead atoms. The minimum absolute atomic E-state index is 0.600. The smallest absolute Gasteiger partial charge is 0.0474 e. The van der Waals surface area contributed by atoms with Crippen molar-refractivity contribution < 1.29 is 0 Å². The van der Waals surface area contributed by atoms with Gasteiger partial charge in [-0.1, -0.05) is 12.1 Å². The van der Waals surface area contributed by atoms with Gasteiger partial charge in [-0.2, -0.15) is 0 Å². The van der Waals surface area contributed by atoms with Crippen molar-refractivity contribution in [2.45, 2.75) is 18.7 Å². The summed E-state index contributed by atoms with van der Waals surface area (Å²) in [6, 6.07) is 8.34. The Balaban J connectivity index is 1.88. The second-order valence-electron chi connectivity index (χ2n) is 3.65. The predicted octanol–water partition coefficient (Wildman–Crippen LogP) is 3.25. The third-order valence-electron chi connectivity index (χ3n) is 2.40. The van der Waals surface area contributed by atoms with E-state index in [9.17, 15) is 0 Å². The van der Waals surface area contributed by atoms with Crippen molar-refractivity contribution in [1.82, 2.24) is 0 Å². The minimum atomic E-state index is 0.600. The summed E-state index contributed by atoms with van der Waals surface area (Å²) in [5.41, 5.74) is 2.39. The topological polar surface area (TPSA) is 12.0 Å². The summed E-state index contributed by atoms with van der Waals surface area (Å²) in [6.45, 7) is 1.13. The number of halogens is 1. The maximum atomic E-state index is 5.70. The van der Waals surface area contributed by atoms with Crippen LogP contribution in [0, 0.1) is 5.92 Å². The van der Waals surface area contributed by atoms with Gasteiger partial charge in [0.2, 0.25) is 0 Å². The number of nitrogens with one attached hydrogen (secondary N) is 1. The van der Waals surface area contributed by atoms with Crippen LogP contribution < -0.4 is 5.32 Å². The number of anilines is 1. The molecule has 2 heteroatoms. The highest BCUT2D eigenvalue weighted by atomic mass is 35.5. The molecule has 0 spiro atoms. The Morgan fingerprint density at radius 3 is 2.46 bits per heavy atom. The molecule has 0 aliphatic heterocycles. The van der Waals surface area contributed by atoms with Gasteiger partial charge >= 0.3 is 0 Å².